The molecule has 0 aliphatic carbocycles. The standard InChI is InChI=1S/C22H18S/c1-3-7-21-13-17(9-11-19(21)5-1)15-23-16-18-10-12-20-6-2-4-8-22(20)14-18/h1-14H,15-16H2. The molecule has 4 aromatic rings. The van der Waals surface area contributed by atoms with Crippen molar-refractivity contribution in [3.05, 3.63) is 96.1 Å². The first kappa shape index (κ1) is 14.3. The van der Waals surface area contributed by atoms with E-state index in [-0.39, 0.29) is 0 Å². The lowest BCUT2D eigenvalue weighted by atomic mass is 10.1. The van der Waals surface area contributed by atoms with Crippen molar-refractivity contribution in [2.45, 2.75) is 11.5 Å². The van der Waals surface area contributed by atoms with Gasteiger partial charge in [-0.2, -0.15) is 11.8 Å². The fourth-order valence-corrected chi connectivity index (χ4v) is 3.88. The average Bonchev–Trinajstić information content (AvgIpc) is 2.61. The van der Waals surface area contributed by atoms with Crippen LogP contribution in [0.4, 0.5) is 0 Å². The molecule has 0 spiro atoms. The van der Waals surface area contributed by atoms with E-state index in [1.54, 1.807) is 0 Å². The molecule has 0 bridgehead atoms. The molecule has 0 aliphatic rings. The number of hydrogen-bond acceptors (Lipinski definition) is 1. The lowest BCUT2D eigenvalue weighted by molar-refractivity contribution is 1.38. The fourth-order valence-electron chi connectivity index (χ4n) is 2.94. The summed E-state index contributed by atoms with van der Waals surface area (Å²) in [5.41, 5.74) is 2.80. The smallest absolute Gasteiger partial charge is 0.0188 e. The summed E-state index contributed by atoms with van der Waals surface area (Å²) in [5.74, 6) is 2.11. The van der Waals surface area contributed by atoms with Crippen molar-refractivity contribution in [1.29, 1.82) is 0 Å². The van der Waals surface area contributed by atoms with E-state index < -0.39 is 0 Å². The Morgan fingerprint density at radius 2 is 0.913 bits per heavy atom. The molecule has 0 amide bonds. The quantitative estimate of drug-likeness (QED) is 0.418. The molecule has 4 aromatic carbocycles. The van der Waals surface area contributed by atoms with E-state index in [2.05, 4.69) is 84.9 Å². The van der Waals surface area contributed by atoms with Crippen LogP contribution in [0.5, 0.6) is 0 Å². The average molecular weight is 314 g/mol. The largest absolute Gasteiger partial charge is 0.152 e. The summed E-state index contributed by atoms with van der Waals surface area (Å²) in [5, 5.41) is 5.29. The van der Waals surface area contributed by atoms with Crippen molar-refractivity contribution in [2.24, 2.45) is 0 Å². The van der Waals surface area contributed by atoms with E-state index >= 15 is 0 Å². The van der Waals surface area contributed by atoms with E-state index in [1.165, 1.54) is 32.7 Å². The Balaban J connectivity index is 1.45. The van der Waals surface area contributed by atoms with Gasteiger partial charge in [-0.15, -0.1) is 0 Å². The van der Waals surface area contributed by atoms with Crippen LogP contribution in [0, 0.1) is 0 Å². The van der Waals surface area contributed by atoms with Crippen molar-refractivity contribution in [3.63, 3.8) is 0 Å². The minimum atomic E-state index is 1.05. The number of fused-ring (bicyclic) bond motifs is 2. The van der Waals surface area contributed by atoms with Gasteiger partial charge in [-0.1, -0.05) is 84.9 Å². The Morgan fingerprint density at radius 3 is 1.39 bits per heavy atom. The Kier molecular flexibility index (Phi) is 4.04. The van der Waals surface area contributed by atoms with Gasteiger partial charge in [0.25, 0.3) is 0 Å². The Labute approximate surface area is 141 Å². The third-order valence-electron chi connectivity index (χ3n) is 4.17. The Bertz CT molecular complexity index is 877. The molecule has 0 heterocycles. The zero-order chi connectivity index (χ0) is 15.5. The second-order valence-corrected chi connectivity index (χ2v) is 6.84. The highest BCUT2D eigenvalue weighted by atomic mass is 32.2. The first-order valence-electron chi connectivity index (χ1n) is 7.92. The summed E-state index contributed by atoms with van der Waals surface area (Å²) in [4.78, 5) is 0. The van der Waals surface area contributed by atoms with Crippen LogP contribution in [0.2, 0.25) is 0 Å². The van der Waals surface area contributed by atoms with Crippen LogP contribution < -0.4 is 0 Å². The number of thioether (sulfide) groups is 1. The lowest BCUT2D eigenvalue weighted by Gasteiger charge is -2.06. The van der Waals surface area contributed by atoms with Gasteiger partial charge in [0.1, 0.15) is 0 Å². The first-order chi connectivity index (χ1) is 11.4. The highest BCUT2D eigenvalue weighted by Crippen LogP contribution is 2.23. The molecular weight excluding hydrogens is 296 g/mol. The maximum atomic E-state index is 2.31. The van der Waals surface area contributed by atoms with Crippen LogP contribution in [0.1, 0.15) is 11.1 Å². The van der Waals surface area contributed by atoms with E-state index in [0.717, 1.165) is 11.5 Å². The highest BCUT2D eigenvalue weighted by Gasteiger charge is 2.00. The van der Waals surface area contributed by atoms with Crippen molar-refractivity contribution < 1.29 is 0 Å². The number of benzene rings is 4. The molecule has 1 heteroatoms. The predicted molar refractivity (Wildman–Crippen MR) is 103 cm³/mol. The number of hydrogen-bond donors (Lipinski definition) is 0. The maximum Gasteiger partial charge on any atom is 0.0188 e. The molecule has 0 saturated carbocycles. The molecule has 0 aromatic heterocycles. The van der Waals surface area contributed by atoms with Gasteiger partial charge in [0.05, 0.1) is 0 Å². The maximum absolute atomic E-state index is 2.31. The number of rotatable bonds is 4. The Morgan fingerprint density at radius 1 is 0.478 bits per heavy atom. The van der Waals surface area contributed by atoms with E-state index in [1.807, 2.05) is 11.8 Å². The summed E-state index contributed by atoms with van der Waals surface area (Å²) < 4.78 is 0. The van der Waals surface area contributed by atoms with Crippen LogP contribution in [-0.2, 0) is 11.5 Å². The minimum absolute atomic E-state index is 1.05. The molecular formula is C22H18S. The van der Waals surface area contributed by atoms with Crippen molar-refractivity contribution >= 4 is 33.3 Å². The summed E-state index contributed by atoms with van der Waals surface area (Å²) in [7, 11) is 0. The van der Waals surface area contributed by atoms with Crippen LogP contribution in [0.15, 0.2) is 84.9 Å². The van der Waals surface area contributed by atoms with Crippen LogP contribution in [0.3, 0.4) is 0 Å². The van der Waals surface area contributed by atoms with Crippen LogP contribution in [-0.4, -0.2) is 0 Å². The van der Waals surface area contributed by atoms with Gasteiger partial charge in [0, 0.05) is 11.5 Å². The molecule has 0 atom stereocenters. The van der Waals surface area contributed by atoms with E-state index in [4.69, 9.17) is 0 Å². The molecule has 0 nitrogen and oxygen atoms in total. The third-order valence-corrected chi connectivity index (χ3v) is 5.24. The Hall–Kier alpha value is -2.25. The zero-order valence-electron chi connectivity index (χ0n) is 12.9. The van der Waals surface area contributed by atoms with Gasteiger partial charge in [0.2, 0.25) is 0 Å². The molecule has 112 valence electrons. The second-order valence-electron chi connectivity index (χ2n) is 5.86. The van der Waals surface area contributed by atoms with Crippen molar-refractivity contribution in [3.8, 4) is 0 Å². The molecule has 0 saturated heterocycles. The van der Waals surface area contributed by atoms with Gasteiger partial charge < -0.3 is 0 Å². The molecule has 0 fully saturated rings. The second kappa shape index (κ2) is 6.47. The van der Waals surface area contributed by atoms with Gasteiger partial charge in [-0.3, -0.25) is 0 Å². The monoisotopic (exact) mass is 314 g/mol. The first-order valence-corrected chi connectivity index (χ1v) is 9.07. The molecule has 0 aliphatic heterocycles. The SMILES string of the molecule is c1ccc2cc(CSCc3ccc4ccccc4c3)ccc2c1. The highest BCUT2D eigenvalue weighted by molar-refractivity contribution is 7.97. The van der Waals surface area contributed by atoms with Gasteiger partial charge in [-0.25, -0.2) is 0 Å². The summed E-state index contributed by atoms with van der Waals surface area (Å²) >= 11 is 1.98. The molecule has 0 radical (unpaired) electrons. The molecule has 4 rings (SSSR count). The molecule has 23 heavy (non-hydrogen) atoms. The minimum Gasteiger partial charge on any atom is -0.152 e. The van der Waals surface area contributed by atoms with Gasteiger partial charge in [-0.05, 0) is 32.7 Å². The van der Waals surface area contributed by atoms with Crippen LogP contribution in [0.25, 0.3) is 21.5 Å². The van der Waals surface area contributed by atoms with Crippen molar-refractivity contribution in [1.82, 2.24) is 0 Å². The molecule has 0 unspecified atom stereocenters. The predicted octanol–water partition coefficient (Wildman–Crippen LogP) is 6.43. The lowest BCUT2D eigenvalue weighted by Crippen LogP contribution is -1.85. The van der Waals surface area contributed by atoms with Gasteiger partial charge in [0.15, 0.2) is 0 Å². The van der Waals surface area contributed by atoms with Gasteiger partial charge >= 0.3 is 0 Å². The normalized spacial score (nSPS) is 11.1. The summed E-state index contributed by atoms with van der Waals surface area (Å²) in [6, 6.07) is 30.7. The summed E-state index contributed by atoms with van der Waals surface area (Å²) in [6.07, 6.45) is 0. The third kappa shape index (κ3) is 3.25. The fraction of sp³-hybridized carbons (Fsp3) is 0.0909. The van der Waals surface area contributed by atoms with Crippen molar-refractivity contribution in [2.75, 3.05) is 0 Å². The zero-order valence-corrected chi connectivity index (χ0v) is 13.7. The van der Waals surface area contributed by atoms with E-state index in [0.29, 0.717) is 0 Å². The molecule has 0 N–H and O–H groups in total. The summed E-state index contributed by atoms with van der Waals surface area (Å²) in [6.45, 7) is 0. The topological polar surface area (TPSA) is 0 Å². The van der Waals surface area contributed by atoms with E-state index in [9.17, 15) is 0 Å². The van der Waals surface area contributed by atoms with Crippen LogP contribution >= 0.6 is 11.8 Å².